The number of aliphatic hydroxyl groups is 1. The normalized spacial score (nSPS) is 28.4. The number of carbonyl (C=O) groups is 2. The van der Waals surface area contributed by atoms with Crippen LogP contribution in [0.3, 0.4) is 0 Å². The first-order chi connectivity index (χ1) is 18.5. The molecule has 1 N–H and O–H groups in total. The fraction of sp³-hybridized carbons (Fsp3) is 0.517. The smallest absolute Gasteiger partial charge is 0.264 e. The van der Waals surface area contributed by atoms with Gasteiger partial charge in [0, 0.05) is 27.1 Å². The number of likely N-dealkylation sites (tertiary alicyclic amines) is 1. The molecule has 0 bridgehead atoms. The van der Waals surface area contributed by atoms with E-state index in [1.54, 1.807) is 30.0 Å². The number of hydrogen-bond donors (Lipinski definition) is 1. The minimum atomic E-state index is -3.40. The summed E-state index contributed by atoms with van der Waals surface area (Å²) in [6.07, 6.45) is 0.811. The molecule has 3 heterocycles. The third-order valence-corrected chi connectivity index (χ3v) is 11.8. The summed E-state index contributed by atoms with van der Waals surface area (Å²) in [7, 11) is -1.83. The van der Waals surface area contributed by atoms with Crippen molar-refractivity contribution in [2.75, 3.05) is 25.2 Å². The average Bonchev–Trinajstić information content (AvgIpc) is 3.54. The number of amides is 2. The van der Waals surface area contributed by atoms with Gasteiger partial charge in [-0.25, -0.2) is 0 Å². The summed E-state index contributed by atoms with van der Waals surface area (Å²) in [5.74, 6) is -0.294. The molecule has 2 amide bonds. The molecular formula is C29H36FIN2O5Si. The molecule has 2 fully saturated rings. The molecule has 2 aromatic carbocycles. The SMILES string of the molecule is COc1ccc2c(c1)[C@@]1(O[C@H](CC(=O)N3CCC[C@H]3CO)[C@@H]([Si](C)(C)F)[C@@H]1C)C(=O)N2Cc1cccc(I)c1. The van der Waals surface area contributed by atoms with Gasteiger partial charge in [-0.2, -0.15) is 0 Å². The van der Waals surface area contributed by atoms with Crippen LogP contribution < -0.4 is 9.64 Å². The summed E-state index contributed by atoms with van der Waals surface area (Å²) in [4.78, 5) is 31.3. The van der Waals surface area contributed by atoms with Gasteiger partial charge in [0.1, 0.15) is 5.75 Å². The van der Waals surface area contributed by atoms with Crippen LogP contribution in [0.1, 0.15) is 37.3 Å². The highest BCUT2D eigenvalue weighted by molar-refractivity contribution is 14.1. The Morgan fingerprint density at radius 2 is 2.05 bits per heavy atom. The van der Waals surface area contributed by atoms with Crippen LogP contribution in [-0.4, -0.2) is 62.6 Å². The Kier molecular flexibility index (Phi) is 7.86. The fourth-order valence-electron chi connectivity index (χ4n) is 6.97. The number of hydrogen-bond acceptors (Lipinski definition) is 5. The molecule has 2 saturated heterocycles. The number of ether oxygens (including phenoxy) is 2. The lowest BCUT2D eigenvalue weighted by Gasteiger charge is -2.31. The number of carbonyl (C=O) groups excluding carboxylic acids is 2. The molecule has 0 unspecified atom stereocenters. The van der Waals surface area contributed by atoms with Crippen molar-refractivity contribution in [1.82, 2.24) is 4.90 Å². The van der Waals surface area contributed by atoms with Gasteiger partial charge < -0.3 is 28.5 Å². The lowest BCUT2D eigenvalue weighted by molar-refractivity contribution is -0.150. The summed E-state index contributed by atoms with van der Waals surface area (Å²) in [5.41, 5.74) is 0.372. The maximum absolute atomic E-state index is 16.1. The number of aliphatic hydroxyl groups excluding tert-OH is 1. The summed E-state index contributed by atoms with van der Waals surface area (Å²) in [6.45, 7) is 5.99. The number of nitrogens with zero attached hydrogens (tertiary/aromatic N) is 2. The summed E-state index contributed by atoms with van der Waals surface area (Å²) < 4.78 is 29.4. The quantitative estimate of drug-likeness (QED) is 0.256. The molecule has 0 saturated carbocycles. The number of fused-ring (bicyclic) bond motifs is 2. The molecule has 5 rings (SSSR count). The Morgan fingerprint density at radius 3 is 2.72 bits per heavy atom. The third-order valence-electron chi connectivity index (χ3n) is 8.68. The van der Waals surface area contributed by atoms with Crippen LogP contribution in [-0.2, 0) is 26.5 Å². The zero-order chi connectivity index (χ0) is 28.1. The van der Waals surface area contributed by atoms with Crippen molar-refractivity contribution in [3.63, 3.8) is 0 Å². The van der Waals surface area contributed by atoms with Gasteiger partial charge in [0.2, 0.25) is 14.3 Å². The first-order valence-corrected chi connectivity index (χ1v) is 17.6. The molecule has 39 heavy (non-hydrogen) atoms. The monoisotopic (exact) mass is 666 g/mol. The molecular weight excluding hydrogens is 630 g/mol. The van der Waals surface area contributed by atoms with E-state index in [9.17, 15) is 14.7 Å². The highest BCUT2D eigenvalue weighted by Gasteiger charge is 2.67. The lowest BCUT2D eigenvalue weighted by atomic mass is 9.82. The molecule has 0 aromatic heterocycles. The summed E-state index contributed by atoms with van der Waals surface area (Å²) in [5, 5.41) is 9.76. The molecule has 10 heteroatoms. The van der Waals surface area contributed by atoms with E-state index in [0.717, 1.165) is 27.7 Å². The Balaban J connectivity index is 1.56. The van der Waals surface area contributed by atoms with E-state index in [1.165, 1.54) is 0 Å². The molecule has 0 aliphatic carbocycles. The largest absolute Gasteiger partial charge is 0.497 e. The molecule has 7 nitrogen and oxygen atoms in total. The molecule has 3 aliphatic rings. The van der Waals surface area contributed by atoms with Crippen molar-refractivity contribution in [2.45, 2.75) is 69.1 Å². The van der Waals surface area contributed by atoms with Crippen LogP contribution in [0, 0.1) is 9.49 Å². The van der Waals surface area contributed by atoms with E-state index < -0.39 is 31.6 Å². The van der Waals surface area contributed by atoms with E-state index in [0.29, 0.717) is 24.4 Å². The van der Waals surface area contributed by atoms with Gasteiger partial charge in [-0.05, 0) is 84.4 Å². The zero-order valence-corrected chi connectivity index (χ0v) is 26.0. The average molecular weight is 667 g/mol. The maximum Gasteiger partial charge on any atom is 0.264 e. The van der Waals surface area contributed by atoms with Crippen LogP contribution in [0.25, 0.3) is 0 Å². The second-order valence-electron chi connectivity index (χ2n) is 11.4. The molecule has 1 spiro atoms. The predicted molar refractivity (Wildman–Crippen MR) is 158 cm³/mol. The van der Waals surface area contributed by atoms with Crippen molar-refractivity contribution < 1.29 is 28.3 Å². The van der Waals surface area contributed by atoms with Gasteiger partial charge in [0.15, 0.2) is 5.60 Å². The van der Waals surface area contributed by atoms with Crippen molar-refractivity contribution >= 4 is 48.5 Å². The number of benzene rings is 2. The van der Waals surface area contributed by atoms with Crippen LogP contribution >= 0.6 is 22.6 Å². The third kappa shape index (κ3) is 4.91. The predicted octanol–water partition coefficient (Wildman–Crippen LogP) is 5.00. The highest BCUT2D eigenvalue weighted by atomic mass is 127. The summed E-state index contributed by atoms with van der Waals surface area (Å²) >= 11 is 2.25. The Morgan fingerprint density at radius 1 is 1.28 bits per heavy atom. The first-order valence-electron chi connectivity index (χ1n) is 13.5. The Hall–Kier alpha value is -2.02. The zero-order valence-electron chi connectivity index (χ0n) is 22.8. The van der Waals surface area contributed by atoms with Crippen molar-refractivity contribution in [3.05, 3.63) is 57.2 Å². The first kappa shape index (κ1) is 28.5. The second kappa shape index (κ2) is 10.8. The van der Waals surface area contributed by atoms with Crippen molar-refractivity contribution in [3.8, 4) is 5.75 Å². The van der Waals surface area contributed by atoms with Gasteiger partial charge in [0.05, 0.1) is 44.5 Å². The summed E-state index contributed by atoms with van der Waals surface area (Å²) in [6, 6.07) is 13.3. The maximum atomic E-state index is 16.1. The van der Waals surface area contributed by atoms with Crippen LogP contribution in [0.5, 0.6) is 5.75 Å². The van der Waals surface area contributed by atoms with Gasteiger partial charge >= 0.3 is 0 Å². The van der Waals surface area contributed by atoms with Crippen molar-refractivity contribution in [1.29, 1.82) is 0 Å². The van der Waals surface area contributed by atoms with E-state index >= 15 is 4.11 Å². The van der Waals surface area contributed by atoms with Crippen LogP contribution in [0.15, 0.2) is 42.5 Å². The molecule has 210 valence electrons. The van der Waals surface area contributed by atoms with Gasteiger partial charge in [-0.1, -0.05) is 19.1 Å². The topological polar surface area (TPSA) is 79.3 Å². The number of halogens is 2. The molecule has 3 aliphatic heterocycles. The molecule has 0 radical (unpaired) electrons. The minimum Gasteiger partial charge on any atom is -0.497 e. The molecule has 5 atom stereocenters. The van der Waals surface area contributed by atoms with E-state index in [2.05, 4.69) is 22.6 Å². The van der Waals surface area contributed by atoms with Gasteiger partial charge in [-0.15, -0.1) is 0 Å². The number of methoxy groups -OCH3 is 1. The number of anilines is 1. The van der Waals surface area contributed by atoms with Crippen LogP contribution in [0.2, 0.25) is 18.6 Å². The Bertz CT molecular complexity index is 1270. The molecule has 2 aromatic rings. The van der Waals surface area contributed by atoms with E-state index in [-0.39, 0.29) is 30.9 Å². The second-order valence-corrected chi connectivity index (χ2v) is 16.5. The lowest BCUT2D eigenvalue weighted by Crippen LogP contribution is -2.45. The van der Waals surface area contributed by atoms with E-state index in [1.807, 2.05) is 49.4 Å². The van der Waals surface area contributed by atoms with E-state index in [4.69, 9.17) is 9.47 Å². The van der Waals surface area contributed by atoms with Crippen molar-refractivity contribution in [2.24, 2.45) is 5.92 Å². The van der Waals surface area contributed by atoms with Gasteiger partial charge in [0.25, 0.3) is 5.91 Å². The minimum absolute atomic E-state index is 0.0168. The van der Waals surface area contributed by atoms with Gasteiger partial charge in [-0.3, -0.25) is 9.59 Å². The Labute approximate surface area is 244 Å². The standard InChI is InChI=1S/C29H36FIN2O5Si/c1-18-27(39(3,4)30)25(15-26(35)32-12-6-9-21(32)17-34)38-29(18)23-14-22(37-2)10-11-24(23)33(28(29)36)16-19-7-5-8-20(31)13-19/h5,7-8,10-11,13-14,18,21,25,27,34H,6,9,12,15-17H2,1-4H3/t18-,21-,25+,27-,29+/m0/s1. The highest BCUT2D eigenvalue weighted by Crippen LogP contribution is 2.60. The number of rotatable bonds is 7. The van der Waals surface area contributed by atoms with Crippen LogP contribution in [0.4, 0.5) is 9.80 Å². The fourth-order valence-corrected chi connectivity index (χ4v) is 10.1.